The van der Waals surface area contributed by atoms with Crippen LogP contribution in [0.25, 0.3) is 0 Å². The highest BCUT2D eigenvalue weighted by Crippen LogP contribution is 2.22. The van der Waals surface area contributed by atoms with Crippen LogP contribution >= 0.6 is 27.3 Å². The lowest BCUT2D eigenvalue weighted by Gasteiger charge is -2.12. The van der Waals surface area contributed by atoms with Crippen molar-refractivity contribution in [2.45, 2.75) is 45.6 Å². The van der Waals surface area contributed by atoms with Gasteiger partial charge in [-0.1, -0.05) is 26.2 Å². The molecule has 0 aliphatic carbocycles. The zero-order valence-electron chi connectivity index (χ0n) is 9.75. The molecule has 1 aromatic rings. The van der Waals surface area contributed by atoms with Gasteiger partial charge in [0.15, 0.2) is 0 Å². The second-order valence-electron chi connectivity index (χ2n) is 3.97. The van der Waals surface area contributed by atoms with Gasteiger partial charge >= 0.3 is 0 Å². The van der Waals surface area contributed by atoms with Crippen molar-refractivity contribution in [3.63, 3.8) is 0 Å². The summed E-state index contributed by atoms with van der Waals surface area (Å²) in [6, 6.07) is 4.02. The van der Waals surface area contributed by atoms with Crippen LogP contribution in [0.5, 0.6) is 0 Å². The minimum absolute atomic E-state index is 0.0414. The summed E-state index contributed by atoms with van der Waals surface area (Å²) in [7, 11) is 0. The maximum Gasteiger partial charge on any atom is 0.261 e. The molecule has 0 radical (unpaired) electrons. The summed E-state index contributed by atoms with van der Waals surface area (Å²) >= 11 is 4.83. The van der Waals surface area contributed by atoms with Crippen LogP contribution in [0.3, 0.4) is 0 Å². The minimum Gasteiger partial charge on any atom is -0.349 e. The average molecular weight is 304 g/mol. The Morgan fingerprint density at radius 1 is 1.50 bits per heavy atom. The summed E-state index contributed by atoms with van der Waals surface area (Å²) in [5.74, 6) is 0.0414. The zero-order chi connectivity index (χ0) is 12.0. The van der Waals surface area contributed by atoms with E-state index in [4.69, 9.17) is 0 Å². The number of carbonyl (C=O) groups is 1. The first-order valence-corrected chi connectivity index (χ1v) is 7.30. The number of carbonyl (C=O) groups excluding carboxylic acids is 1. The molecule has 0 spiro atoms. The first-order valence-electron chi connectivity index (χ1n) is 5.69. The summed E-state index contributed by atoms with van der Waals surface area (Å²) in [4.78, 5) is 12.6. The highest BCUT2D eigenvalue weighted by atomic mass is 79.9. The van der Waals surface area contributed by atoms with Crippen molar-refractivity contribution in [3.05, 3.63) is 20.8 Å². The van der Waals surface area contributed by atoms with Gasteiger partial charge in [-0.05, 0) is 41.4 Å². The van der Waals surface area contributed by atoms with E-state index >= 15 is 0 Å². The van der Waals surface area contributed by atoms with Crippen LogP contribution in [0.4, 0.5) is 0 Å². The van der Waals surface area contributed by atoms with Crippen LogP contribution < -0.4 is 5.32 Å². The van der Waals surface area contributed by atoms with Gasteiger partial charge in [-0.25, -0.2) is 0 Å². The molecule has 1 aromatic heterocycles. The number of hydrogen-bond donors (Lipinski definition) is 1. The van der Waals surface area contributed by atoms with Crippen LogP contribution in [-0.4, -0.2) is 11.9 Å². The van der Waals surface area contributed by atoms with Crippen molar-refractivity contribution in [2.75, 3.05) is 0 Å². The van der Waals surface area contributed by atoms with Gasteiger partial charge in [0.05, 0.1) is 8.66 Å². The quantitative estimate of drug-likeness (QED) is 0.784. The Bertz CT molecular complexity index is 338. The van der Waals surface area contributed by atoms with E-state index in [1.54, 1.807) is 0 Å². The molecule has 0 aromatic carbocycles. The Hall–Kier alpha value is -0.350. The third-order valence-corrected chi connectivity index (χ3v) is 4.04. The van der Waals surface area contributed by atoms with Gasteiger partial charge in [0.25, 0.3) is 5.91 Å². The Morgan fingerprint density at radius 2 is 2.25 bits per heavy atom. The molecule has 0 aliphatic rings. The van der Waals surface area contributed by atoms with Crippen molar-refractivity contribution in [1.82, 2.24) is 5.32 Å². The number of thiophene rings is 1. The van der Waals surface area contributed by atoms with Gasteiger partial charge in [0, 0.05) is 6.04 Å². The lowest BCUT2D eigenvalue weighted by molar-refractivity contribution is 0.0942. The summed E-state index contributed by atoms with van der Waals surface area (Å²) in [5.41, 5.74) is 0. The van der Waals surface area contributed by atoms with Gasteiger partial charge in [-0.3, -0.25) is 4.79 Å². The fourth-order valence-electron chi connectivity index (χ4n) is 1.50. The Kier molecular flexibility index (Phi) is 6.06. The summed E-state index contributed by atoms with van der Waals surface area (Å²) in [6.07, 6.45) is 4.71. The lowest BCUT2D eigenvalue weighted by atomic mass is 10.1. The molecule has 1 amide bonds. The molecule has 0 saturated carbocycles. The van der Waals surface area contributed by atoms with Crippen LogP contribution in [0.2, 0.25) is 0 Å². The predicted molar refractivity (Wildman–Crippen MR) is 73.1 cm³/mol. The zero-order valence-corrected chi connectivity index (χ0v) is 12.2. The van der Waals surface area contributed by atoms with Gasteiger partial charge < -0.3 is 5.32 Å². The fraction of sp³-hybridized carbons (Fsp3) is 0.583. The standard InChI is InChI=1S/C12H18BrNOS/c1-3-4-5-6-9(2)14-12(15)10-7-8-11(13)16-10/h7-9H,3-6H2,1-2H3,(H,14,15). The van der Waals surface area contributed by atoms with E-state index < -0.39 is 0 Å². The minimum atomic E-state index is 0.0414. The Labute approximate surface area is 110 Å². The normalized spacial score (nSPS) is 12.4. The molecular formula is C12H18BrNOS. The number of hydrogen-bond acceptors (Lipinski definition) is 2. The third kappa shape index (κ3) is 4.66. The van der Waals surface area contributed by atoms with Crippen LogP contribution in [0, 0.1) is 0 Å². The molecular weight excluding hydrogens is 286 g/mol. The maximum atomic E-state index is 11.8. The van der Waals surface area contributed by atoms with Crippen molar-refractivity contribution in [2.24, 2.45) is 0 Å². The van der Waals surface area contributed by atoms with E-state index in [0.717, 1.165) is 15.1 Å². The van der Waals surface area contributed by atoms with E-state index in [9.17, 15) is 4.79 Å². The fourth-order valence-corrected chi connectivity index (χ4v) is 2.79. The second kappa shape index (κ2) is 7.07. The lowest BCUT2D eigenvalue weighted by Crippen LogP contribution is -2.31. The Morgan fingerprint density at radius 3 is 2.81 bits per heavy atom. The van der Waals surface area contributed by atoms with Gasteiger partial charge in [0.2, 0.25) is 0 Å². The van der Waals surface area contributed by atoms with E-state index in [1.807, 2.05) is 12.1 Å². The number of halogens is 1. The molecule has 0 saturated heterocycles. The van der Waals surface area contributed by atoms with Gasteiger partial charge in [-0.15, -0.1) is 11.3 Å². The van der Waals surface area contributed by atoms with E-state index in [-0.39, 0.29) is 11.9 Å². The molecule has 0 fully saturated rings. The topological polar surface area (TPSA) is 29.1 Å². The number of nitrogens with one attached hydrogen (secondary N) is 1. The molecule has 4 heteroatoms. The highest BCUT2D eigenvalue weighted by Gasteiger charge is 2.11. The summed E-state index contributed by atoms with van der Waals surface area (Å²) < 4.78 is 0.997. The van der Waals surface area contributed by atoms with Crippen LogP contribution in [-0.2, 0) is 0 Å². The van der Waals surface area contributed by atoms with Gasteiger partial charge in [-0.2, -0.15) is 0 Å². The summed E-state index contributed by atoms with van der Waals surface area (Å²) in [5, 5.41) is 3.02. The molecule has 1 N–H and O–H groups in total. The molecule has 1 heterocycles. The number of unbranched alkanes of at least 4 members (excludes halogenated alkanes) is 2. The van der Waals surface area contributed by atoms with E-state index in [2.05, 4.69) is 35.1 Å². The Balaban J connectivity index is 2.33. The van der Waals surface area contributed by atoms with Crippen molar-refractivity contribution in [1.29, 1.82) is 0 Å². The molecule has 1 atom stereocenters. The molecule has 2 nitrogen and oxygen atoms in total. The van der Waals surface area contributed by atoms with Crippen molar-refractivity contribution in [3.8, 4) is 0 Å². The monoisotopic (exact) mass is 303 g/mol. The first kappa shape index (κ1) is 13.7. The molecule has 1 rings (SSSR count). The molecule has 0 bridgehead atoms. The van der Waals surface area contributed by atoms with Crippen LogP contribution in [0.15, 0.2) is 15.9 Å². The largest absolute Gasteiger partial charge is 0.349 e. The smallest absolute Gasteiger partial charge is 0.261 e. The van der Waals surface area contributed by atoms with E-state index in [1.165, 1.54) is 30.6 Å². The van der Waals surface area contributed by atoms with Crippen molar-refractivity contribution >= 4 is 33.2 Å². The third-order valence-electron chi connectivity index (χ3n) is 2.42. The van der Waals surface area contributed by atoms with Crippen molar-refractivity contribution < 1.29 is 4.79 Å². The second-order valence-corrected chi connectivity index (χ2v) is 6.44. The average Bonchev–Trinajstić information content (AvgIpc) is 2.65. The molecule has 0 aliphatic heterocycles. The molecule has 90 valence electrons. The van der Waals surface area contributed by atoms with Crippen LogP contribution in [0.1, 0.15) is 49.2 Å². The van der Waals surface area contributed by atoms with E-state index in [0.29, 0.717) is 0 Å². The molecule has 16 heavy (non-hydrogen) atoms. The highest BCUT2D eigenvalue weighted by molar-refractivity contribution is 9.11. The summed E-state index contributed by atoms with van der Waals surface area (Å²) in [6.45, 7) is 4.25. The number of amides is 1. The maximum absolute atomic E-state index is 11.8. The SMILES string of the molecule is CCCCCC(C)NC(=O)c1ccc(Br)s1. The first-order chi connectivity index (χ1) is 7.63. The molecule has 1 unspecified atom stereocenters. The van der Waals surface area contributed by atoms with Gasteiger partial charge in [0.1, 0.15) is 0 Å². The number of rotatable bonds is 6. The predicted octanol–water partition coefficient (Wildman–Crippen LogP) is 4.21.